The van der Waals surface area contributed by atoms with Crippen LogP contribution in [0.5, 0.6) is 0 Å². The monoisotopic (exact) mass is 270 g/mol. The van der Waals surface area contributed by atoms with Crippen LogP contribution < -0.4 is 0 Å². The fourth-order valence-electron chi connectivity index (χ4n) is 1.64. The molecule has 0 fully saturated rings. The minimum atomic E-state index is -0.450. The van der Waals surface area contributed by atoms with Gasteiger partial charge in [-0.25, -0.2) is 4.68 Å². The van der Waals surface area contributed by atoms with Gasteiger partial charge in [-0.15, -0.1) is 0 Å². The molecule has 0 radical (unpaired) electrons. The molecule has 0 amide bonds. The molecule has 0 aliphatic heterocycles. The Morgan fingerprint density at radius 3 is 3.05 bits per heavy atom. The number of benzene rings is 1. The quantitative estimate of drug-likeness (QED) is 0.273. The van der Waals surface area contributed by atoms with E-state index in [0.717, 1.165) is 5.56 Å². The lowest BCUT2D eigenvalue weighted by molar-refractivity contribution is -0.384. The SMILES string of the molecule is [N-]=[N+]=NCC=Cc1cnn(-c2ccccc2[N+](=O)[O-])c1. The average Bonchev–Trinajstić information content (AvgIpc) is 2.92. The number of nitro groups is 1. The second-order valence-corrected chi connectivity index (χ2v) is 3.78. The van der Waals surface area contributed by atoms with Gasteiger partial charge in [-0.3, -0.25) is 10.1 Å². The van der Waals surface area contributed by atoms with Crippen molar-refractivity contribution in [2.75, 3.05) is 6.54 Å². The molecule has 100 valence electrons. The first-order valence-corrected chi connectivity index (χ1v) is 5.68. The molecule has 8 heteroatoms. The van der Waals surface area contributed by atoms with Crippen molar-refractivity contribution < 1.29 is 4.92 Å². The maximum Gasteiger partial charge on any atom is 0.294 e. The van der Waals surface area contributed by atoms with E-state index in [1.165, 1.54) is 10.7 Å². The standard InChI is InChI=1S/C12H10N6O2/c13-16-14-7-3-4-10-8-15-17(9-10)11-5-1-2-6-12(11)18(19)20/h1-6,8-9H,7H2. The van der Waals surface area contributed by atoms with Gasteiger partial charge in [0, 0.05) is 29.3 Å². The zero-order valence-corrected chi connectivity index (χ0v) is 10.3. The molecule has 0 aliphatic carbocycles. The second-order valence-electron chi connectivity index (χ2n) is 3.78. The van der Waals surface area contributed by atoms with Gasteiger partial charge in [-0.05, 0) is 11.6 Å². The fourth-order valence-corrected chi connectivity index (χ4v) is 1.64. The Hall–Kier alpha value is -3.12. The lowest BCUT2D eigenvalue weighted by Gasteiger charge is -2.01. The third-order valence-electron chi connectivity index (χ3n) is 2.49. The molecule has 0 unspecified atom stereocenters. The summed E-state index contributed by atoms with van der Waals surface area (Å²) < 4.78 is 1.44. The van der Waals surface area contributed by atoms with E-state index in [1.807, 2.05) is 0 Å². The Labute approximate surface area is 113 Å². The number of para-hydroxylation sites is 2. The topological polar surface area (TPSA) is 110 Å². The number of rotatable bonds is 5. The van der Waals surface area contributed by atoms with Crippen molar-refractivity contribution in [3.8, 4) is 5.69 Å². The molecule has 0 saturated carbocycles. The van der Waals surface area contributed by atoms with Gasteiger partial charge in [0.05, 0.1) is 11.1 Å². The van der Waals surface area contributed by atoms with Crippen LogP contribution in [0.2, 0.25) is 0 Å². The molecule has 2 rings (SSSR count). The molecule has 0 atom stereocenters. The molecule has 20 heavy (non-hydrogen) atoms. The van der Waals surface area contributed by atoms with E-state index in [0.29, 0.717) is 5.69 Å². The Bertz CT molecular complexity index is 699. The first-order valence-electron chi connectivity index (χ1n) is 5.68. The number of hydrogen-bond donors (Lipinski definition) is 0. The van der Waals surface area contributed by atoms with Crippen LogP contribution in [0.15, 0.2) is 47.8 Å². The van der Waals surface area contributed by atoms with Gasteiger partial charge in [-0.1, -0.05) is 29.4 Å². The second kappa shape index (κ2) is 6.17. The molecule has 0 N–H and O–H groups in total. The summed E-state index contributed by atoms with van der Waals surface area (Å²) in [6.07, 6.45) is 6.64. The predicted octanol–water partition coefficient (Wildman–Crippen LogP) is 3.10. The van der Waals surface area contributed by atoms with Gasteiger partial charge in [0.15, 0.2) is 0 Å². The largest absolute Gasteiger partial charge is 0.294 e. The zero-order chi connectivity index (χ0) is 14.4. The molecule has 0 aliphatic rings. The van der Waals surface area contributed by atoms with Gasteiger partial charge in [0.2, 0.25) is 0 Å². The zero-order valence-electron chi connectivity index (χ0n) is 10.3. The molecule has 0 bridgehead atoms. The van der Waals surface area contributed by atoms with E-state index >= 15 is 0 Å². The van der Waals surface area contributed by atoms with Crippen LogP contribution >= 0.6 is 0 Å². The number of aromatic nitrogens is 2. The summed E-state index contributed by atoms with van der Waals surface area (Å²) in [5.41, 5.74) is 9.29. The summed E-state index contributed by atoms with van der Waals surface area (Å²) >= 11 is 0. The first kappa shape index (κ1) is 13.3. The fraction of sp³-hybridized carbons (Fsp3) is 0.0833. The molecule has 0 spiro atoms. The summed E-state index contributed by atoms with van der Waals surface area (Å²) in [4.78, 5) is 13.1. The van der Waals surface area contributed by atoms with Crippen LogP contribution in [0.4, 0.5) is 5.69 Å². The third kappa shape index (κ3) is 3.01. The van der Waals surface area contributed by atoms with Crippen LogP contribution in [0.3, 0.4) is 0 Å². The summed E-state index contributed by atoms with van der Waals surface area (Å²) in [5, 5.41) is 18.4. The normalized spacial score (nSPS) is 10.4. The Morgan fingerprint density at radius 1 is 1.50 bits per heavy atom. The van der Waals surface area contributed by atoms with Gasteiger partial charge >= 0.3 is 0 Å². The lowest BCUT2D eigenvalue weighted by Crippen LogP contribution is -1.99. The summed E-state index contributed by atoms with van der Waals surface area (Å²) in [7, 11) is 0. The Kier molecular flexibility index (Phi) is 4.10. The molecule has 2 aromatic rings. The summed E-state index contributed by atoms with van der Waals surface area (Å²) in [6, 6.07) is 6.36. The average molecular weight is 270 g/mol. The van der Waals surface area contributed by atoms with Crippen LogP contribution in [0.25, 0.3) is 22.2 Å². The highest BCUT2D eigenvalue weighted by molar-refractivity contribution is 5.54. The van der Waals surface area contributed by atoms with Gasteiger partial charge < -0.3 is 0 Å². The van der Waals surface area contributed by atoms with E-state index in [4.69, 9.17) is 5.53 Å². The van der Waals surface area contributed by atoms with Gasteiger partial charge in [-0.2, -0.15) is 5.10 Å². The van der Waals surface area contributed by atoms with Crippen LogP contribution in [0.1, 0.15) is 5.56 Å². The van der Waals surface area contributed by atoms with Crippen LogP contribution in [-0.4, -0.2) is 21.2 Å². The smallest absolute Gasteiger partial charge is 0.258 e. The molecule has 8 nitrogen and oxygen atoms in total. The van der Waals surface area contributed by atoms with Gasteiger partial charge in [0.25, 0.3) is 5.69 Å². The highest BCUT2D eigenvalue weighted by Crippen LogP contribution is 2.21. The maximum atomic E-state index is 10.9. The minimum absolute atomic E-state index is 0.0137. The molecule has 1 aromatic heterocycles. The molecule has 0 saturated heterocycles. The van der Waals surface area contributed by atoms with Crippen LogP contribution in [-0.2, 0) is 0 Å². The minimum Gasteiger partial charge on any atom is -0.258 e. The highest BCUT2D eigenvalue weighted by atomic mass is 16.6. The van der Waals surface area contributed by atoms with E-state index in [9.17, 15) is 10.1 Å². The maximum absolute atomic E-state index is 10.9. The van der Waals surface area contributed by atoms with E-state index < -0.39 is 4.92 Å². The number of nitro benzene ring substituents is 1. The Morgan fingerprint density at radius 2 is 2.30 bits per heavy atom. The van der Waals surface area contributed by atoms with Crippen LogP contribution in [0, 0.1) is 10.1 Å². The lowest BCUT2D eigenvalue weighted by atomic mass is 10.2. The molecule has 1 aromatic carbocycles. The van der Waals surface area contributed by atoms with E-state index in [-0.39, 0.29) is 12.2 Å². The number of nitrogens with zero attached hydrogens (tertiary/aromatic N) is 6. The molecular weight excluding hydrogens is 260 g/mol. The third-order valence-corrected chi connectivity index (χ3v) is 2.49. The van der Waals surface area contributed by atoms with E-state index in [2.05, 4.69) is 15.1 Å². The van der Waals surface area contributed by atoms with Crippen molar-refractivity contribution in [1.82, 2.24) is 9.78 Å². The predicted molar refractivity (Wildman–Crippen MR) is 73.3 cm³/mol. The first-order chi connectivity index (χ1) is 9.72. The number of azide groups is 1. The molecular formula is C12H10N6O2. The highest BCUT2D eigenvalue weighted by Gasteiger charge is 2.14. The molecule has 1 heterocycles. The Balaban J connectivity index is 2.27. The van der Waals surface area contributed by atoms with Crippen molar-refractivity contribution in [2.45, 2.75) is 0 Å². The van der Waals surface area contributed by atoms with Crippen molar-refractivity contribution >= 4 is 11.8 Å². The number of hydrogen-bond acceptors (Lipinski definition) is 4. The van der Waals surface area contributed by atoms with Gasteiger partial charge in [0.1, 0.15) is 5.69 Å². The van der Waals surface area contributed by atoms with E-state index in [1.54, 1.807) is 42.7 Å². The van der Waals surface area contributed by atoms with Crippen molar-refractivity contribution in [2.24, 2.45) is 5.11 Å². The van der Waals surface area contributed by atoms with Crippen molar-refractivity contribution in [3.05, 3.63) is 68.9 Å². The summed E-state index contributed by atoms with van der Waals surface area (Å²) in [5.74, 6) is 0. The summed E-state index contributed by atoms with van der Waals surface area (Å²) in [6.45, 7) is 0.243. The van der Waals surface area contributed by atoms with Crippen molar-refractivity contribution in [3.63, 3.8) is 0 Å². The van der Waals surface area contributed by atoms with Crippen molar-refractivity contribution in [1.29, 1.82) is 0 Å².